The molecule has 2 heterocycles. The molecule has 0 spiro atoms. The van der Waals surface area contributed by atoms with Gasteiger partial charge in [-0.1, -0.05) is 18.2 Å². The first-order chi connectivity index (χ1) is 11.5. The molecule has 0 radical (unpaired) electrons. The summed E-state index contributed by atoms with van der Waals surface area (Å²) in [7, 11) is -2.79. The number of sulfone groups is 1. The van der Waals surface area contributed by atoms with E-state index in [2.05, 4.69) is 10.3 Å². The molecule has 1 aromatic rings. The molecular weight excluding hydrogens is 453 g/mol. The van der Waals surface area contributed by atoms with Crippen molar-refractivity contribution in [1.29, 1.82) is 0 Å². The molecule has 140 valence electrons. The lowest BCUT2D eigenvalue weighted by molar-refractivity contribution is 0.262. The standard InChI is InChI=1S/C17H25N3O3S.HI/c18-17(19-9-5-13-7-11-24(21,22)12-8-13)20-15-6-10-23-16-4-2-1-3-14(15)16;/h1-4,13,15H,5-12H2,(H3,18,19,20);1H. The highest BCUT2D eigenvalue weighted by Gasteiger charge is 2.23. The van der Waals surface area contributed by atoms with E-state index < -0.39 is 9.84 Å². The quantitative estimate of drug-likeness (QED) is 0.393. The molecule has 0 saturated carbocycles. The van der Waals surface area contributed by atoms with Gasteiger partial charge in [-0.3, -0.25) is 4.99 Å². The number of halogens is 1. The van der Waals surface area contributed by atoms with Crippen molar-refractivity contribution < 1.29 is 13.2 Å². The molecular formula is C17H26IN3O3S. The van der Waals surface area contributed by atoms with Crippen LogP contribution in [0.15, 0.2) is 29.3 Å². The summed E-state index contributed by atoms with van der Waals surface area (Å²) in [5.74, 6) is 2.41. The fourth-order valence-corrected chi connectivity index (χ4v) is 4.90. The van der Waals surface area contributed by atoms with Crippen LogP contribution in [0.25, 0.3) is 0 Å². The lowest BCUT2D eigenvalue weighted by Gasteiger charge is -2.27. The Hall–Kier alpha value is -1.03. The predicted molar refractivity (Wildman–Crippen MR) is 110 cm³/mol. The summed E-state index contributed by atoms with van der Waals surface area (Å²) in [6, 6.07) is 8.09. The zero-order valence-corrected chi connectivity index (χ0v) is 17.3. The normalized spacial score (nSPS) is 23.0. The van der Waals surface area contributed by atoms with E-state index in [4.69, 9.17) is 10.5 Å². The molecule has 8 heteroatoms. The monoisotopic (exact) mass is 479 g/mol. The molecule has 1 unspecified atom stereocenters. The fourth-order valence-electron chi connectivity index (χ4n) is 3.31. The van der Waals surface area contributed by atoms with Gasteiger partial charge < -0.3 is 15.8 Å². The zero-order chi connectivity index (χ0) is 17.0. The minimum atomic E-state index is -2.79. The molecule has 25 heavy (non-hydrogen) atoms. The van der Waals surface area contributed by atoms with Gasteiger partial charge in [0.15, 0.2) is 5.96 Å². The number of aliphatic imine (C=N–C) groups is 1. The third-order valence-electron chi connectivity index (χ3n) is 4.77. The molecule has 3 N–H and O–H groups in total. The second kappa shape index (κ2) is 9.07. The minimum absolute atomic E-state index is 0. The van der Waals surface area contributed by atoms with Crippen LogP contribution in [0, 0.1) is 5.92 Å². The Bertz CT molecular complexity index is 695. The van der Waals surface area contributed by atoms with Crippen LogP contribution in [-0.2, 0) is 9.84 Å². The van der Waals surface area contributed by atoms with Gasteiger partial charge in [-0.25, -0.2) is 8.42 Å². The number of guanidine groups is 1. The maximum Gasteiger partial charge on any atom is 0.189 e. The van der Waals surface area contributed by atoms with Crippen LogP contribution in [0.5, 0.6) is 5.75 Å². The van der Waals surface area contributed by atoms with Crippen molar-refractivity contribution in [2.24, 2.45) is 16.6 Å². The number of nitrogens with one attached hydrogen (secondary N) is 1. The highest BCUT2D eigenvalue weighted by Crippen LogP contribution is 2.31. The first-order valence-electron chi connectivity index (χ1n) is 8.52. The van der Waals surface area contributed by atoms with Crippen LogP contribution >= 0.6 is 24.0 Å². The van der Waals surface area contributed by atoms with E-state index in [-0.39, 0.29) is 30.0 Å². The van der Waals surface area contributed by atoms with Crippen molar-refractivity contribution >= 4 is 39.8 Å². The number of fused-ring (bicyclic) bond motifs is 1. The molecule has 0 bridgehead atoms. The van der Waals surface area contributed by atoms with Gasteiger partial charge in [0.1, 0.15) is 15.6 Å². The van der Waals surface area contributed by atoms with Gasteiger partial charge in [0.05, 0.1) is 24.2 Å². The van der Waals surface area contributed by atoms with E-state index in [1.165, 1.54) is 0 Å². The molecule has 1 aromatic carbocycles. The summed E-state index contributed by atoms with van der Waals surface area (Å²) in [4.78, 5) is 4.41. The maximum atomic E-state index is 11.4. The first-order valence-corrected chi connectivity index (χ1v) is 10.3. The Morgan fingerprint density at radius 2 is 1.96 bits per heavy atom. The van der Waals surface area contributed by atoms with Gasteiger partial charge in [-0.15, -0.1) is 24.0 Å². The summed E-state index contributed by atoms with van der Waals surface area (Å²) in [6.07, 6.45) is 3.24. The molecule has 1 saturated heterocycles. The van der Waals surface area contributed by atoms with Crippen molar-refractivity contribution in [3.8, 4) is 5.75 Å². The molecule has 2 aliphatic rings. The fraction of sp³-hybridized carbons (Fsp3) is 0.588. The summed E-state index contributed by atoms with van der Waals surface area (Å²) >= 11 is 0. The van der Waals surface area contributed by atoms with Crippen LogP contribution in [-0.4, -0.2) is 39.0 Å². The number of ether oxygens (including phenoxy) is 1. The van der Waals surface area contributed by atoms with E-state index >= 15 is 0 Å². The zero-order valence-electron chi connectivity index (χ0n) is 14.2. The van der Waals surface area contributed by atoms with Crippen LogP contribution in [0.1, 0.15) is 37.3 Å². The smallest absolute Gasteiger partial charge is 0.189 e. The third-order valence-corrected chi connectivity index (χ3v) is 6.49. The number of hydrogen-bond acceptors (Lipinski definition) is 4. The topological polar surface area (TPSA) is 93.8 Å². The number of para-hydroxylation sites is 1. The van der Waals surface area contributed by atoms with Gasteiger partial charge in [0, 0.05) is 18.5 Å². The van der Waals surface area contributed by atoms with Crippen molar-refractivity contribution in [1.82, 2.24) is 5.32 Å². The van der Waals surface area contributed by atoms with Gasteiger partial charge in [0.2, 0.25) is 0 Å². The summed E-state index contributed by atoms with van der Waals surface area (Å²) in [5, 5.41) is 3.28. The van der Waals surface area contributed by atoms with E-state index in [0.717, 1.165) is 37.0 Å². The Balaban J connectivity index is 0.00000225. The SMILES string of the molecule is I.NC(=NCCC1CCS(=O)(=O)CC1)NC1CCOc2ccccc21. The van der Waals surface area contributed by atoms with Crippen molar-refractivity contribution in [3.63, 3.8) is 0 Å². The van der Waals surface area contributed by atoms with Crippen molar-refractivity contribution in [2.75, 3.05) is 24.7 Å². The van der Waals surface area contributed by atoms with Gasteiger partial charge in [-0.2, -0.15) is 0 Å². The molecule has 6 nitrogen and oxygen atoms in total. The number of nitrogens with two attached hydrogens (primary N) is 1. The molecule has 3 rings (SSSR count). The molecule has 0 amide bonds. The number of nitrogens with zero attached hydrogens (tertiary/aromatic N) is 1. The minimum Gasteiger partial charge on any atom is -0.493 e. The van der Waals surface area contributed by atoms with E-state index in [9.17, 15) is 8.42 Å². The van der Waals surface area contributed by atoms with Crippen LogP contribution in [0.4, 0.5) is 0 Å². The Labute approximate surface area is 166 Å². The molecule has 0 aliphatic carbocycles. The molecule has 1 atom stereocenters. The Morgan fingerprint density at radius 1 is 1.24 bits per heavy atom. The van der Waals surface area contributed by atoms with Gasteiger partial charge >= 0.3 is 0 Å². The molecule has 1 fully saturated rings. The van der Waals surface area contributed by atoms with Crippen LogP contribution < -0.4 is 15.8 Å². The van der Waals surface area contributed by atoms with Crippen molar-refractivity contribution in [2.45, 2.75) is 31.7 Å². The summed E-state index contributed by atoms with van der Waals surface area (Å²) in [6.45, 7) is 1.30. The number of rotatable bonds is 4. The van der Waals surface area contributed by atoms with E-state index in [1.807, 2.05) is 24.3 Å². The predicted octanol–water partition coefficient (Wildman–Crippen LogP) is 2.25. The highest BCUT2D eigenvalue weighted by molar-refractivity contribution is 14.0. The Kier molecular flexibility index (Phi) is 7.36. The number of benzene rings is 1. The average molecular weight is 479 g/mol. The lowest BCUT2D eigenvalue weighted by Crippen LogP contribution is -2.37. The second-order valence-corrected chi connectivity index (χ2v) is 8.83. The average Bonchev–Trinajstić information content (AvgIpc) is 2.57. The third kappa shape index (κ3) is 5.73. The number of hydrogen-bond donors (Lipinski definition) is 2. The highest BCUT2D eigenvalue weighted by atomic mass is 127. The van der Waals surface area contributed by atoms with E-state index in [0.29, 0.717) is 36.5 Å². The van der Waals surface area contributed by atoms with Crippen molar-refractivity contribution in [3.05, 3.63) is 29.8 Å². The van der Waals surface area contributed by atoms with Crippen LogP contribution in [0.2, 0.25) is 0 Å². The van der Waals surface area contributed by atoms with E-state index in [1.54, 1.807) is 0 Å². The first kappa shape index (κ1) is 20.3. The van der Waals surface area contributed by atoms with Gasteiger partial charge in [0.25, 0.3) is 0 Å². The molecule has 2 aliphatic heterocycles. The van der Waals surface area contributed by atoms with Gasteiger partial charge in [-0.05, 0) is 31.2 Å². The second-order valence-electron chi connectivity index (χ2n) is 6.52. The summed E-state index contributed by atoms with van der Waals surface area (Å²) in [5.41, 5.74) is 7.13. The largest absolute Gasteiger partial charge is 0.493 e. The lowest BCUT2D eigenvalue weighted by atomic mass is 9.99. The maximum absolute atomic E-state index is 11.4. The molecule has 0 aromatic heterocycles. The summed E-state index contributed by atoms with van der Waals surface area (Å²) < 4.78 is 28.5. The Morgan fingerprint density at radius 3 is 2.72 bits per heavy atom. The van der Waals surface area contributed by atoms with Crippen LogP contribution in [0.3, 0.4) is 0 Å².